The fraction of sp³-hybridized carbons (Fsp3) is 0.292. The van der Waals surface area contributed by atoms with Crippen LogP contribution in [0.15, 0.2) is 43.1 Å². The van der Waals surface area contributed by atoms with Crippen LogP contribution in [0.4, 0.5) is 5.95 Å². The molecule has 0 radical (unpaired) electrons. The number of hydrogen-bond acceptors (Lipinski definition) is 7. The van der Waals surface area contributed by atoms with E-state index in [1.165, 1.54) is 20.3 Å². The summed E-state index contributed by atoms with van der Waals surface area (Å²) in [6.07, 6.45) is 3.29. The molecule has 3 unspecified atom stereocenters. The Balaban J connectivity index is 1.63. The van der Waals surface area contributed by atoms with Gasteiger partial charge in [0.15, 0.2) is 0 Å². The van der Waals surface area contributed by atoms with Gasteiger partial charge in [0.2, 0.25) is 11.9 Å². The fourth-order valence-electron chi connectivity index (χ4n) is 4.13. The van der Waals surface area contributed by atoms with Gasteiger partial charge in [-0.3, -0.25) is 4.79 Å². The Morgan fingerprint density at radius 1 is 1.15 bits per heavy atom. The molecule has 3 N–H and O–H groups in total. The second kappa shape index (κ2) is 10.0. The van der Waals surface area contributed by atoms with E-state index in [1.807, 2.05) is 18.2 Å². The van der Waals surface area contributed by atoms with Crippen LogP contribution < -0.4 is 20.1 Å². The minimum absolute atomic E-state index is 0.211. The summed E-state index contributed by atoms with van der Waals surface area (Å²) >= 11 is 13.1. The normalized spacial score (nSPS) is 19.6. The zero-order valence-corrected chi connectivity index (χ0v) is 20.2. The molecule has 1 amide bonds. The second-order valence-corrected chi connectivity index (χ2v) is 8.70. The lowest BCUT2D eigenvalue weighted by molar-refractivity contribution is -0.117. The number of fused-ring (bicyclic) bond motifs is 1. The summed E-state index contributed by atoms with van der Waals surface area (Å²) in [5, 5.41) is 17.7. The van der Waals surface area contributed by atoms with Gasteiger partial charge in [0.25, 0.3) is 0 Å². The fourth-order valence-corrected chi connectivity index (χ4v) is 4.85. The van der Waals surface area contributed by atoms with E-state index in [9.17, 15) is 9.90 Å². The molecule has 178 valence electrons. The van der Waals surface area contributed by atoms with Gasteiger partial charge >= 0.3 is 0 Å². The number of anilines is 1. The van der Waals surface area contributed by atoms with E-state index in [0.717, 1.165) is 10.9 Å². The Labute approximate surface area is 206 Å². The van der Waals surface area contributed by atoms with Crippen molar-refractivity contribution < 1.29 is 19.4 Å². The van der Waals surface area contributed by atoms with Gasteiger partial charge in [-0.2, -0.15) is 0 Å². The van der Waals surface area contributed by atoms with Crippen LogP contribution in [-0.4, -0.2) is 53.4 Å². The number of nitrogens with zero attached hydrogens (tertiary/aromatic N) is 2. The first-order valence-electron chi connectivity index (χ1n) is 10.6. The Hall–Kier alpha value is -3.07. The number of aliphatic hydroxyl groups excluding tert-OH is 1. The first-order chi connectivity index (χ1) is 16.3. The van der Waals surface area contributed by atoms with Crippen molar-refractivity contribution in [2.45, 2.75) is 31.0 Å². The van der Waals surface area contributed by atoms with Crippen molar-refractivity contribution in [1.29, 1.82) is 0 Å². The summed E-state index contributed by atoms with van der Waals surface area (Å²) in [4.78, 5) is 20.7. The quantitative estimate of drug-likeness (QED) is 0.415. The molecule has 1 aliphatic carbocycles. The average molecular weight is 503 g/mol. The highest BCUT2D eigenvalue weighted by atomic mass is 35.5. The van der Waals surface area contributed by atoms with E-state index < -0.39 is 6.10 Å². The number of aliphatic hydroxyl groups is 1. The summed E-state index contributed by atoms with van der Waals surface area (Å²) in [5.41, 5.74) is 2.05. The molecule has 0 bridgehead atoms. The lowest BCUT2D eigenvalue weighted by Gasteiger charge is -2.21. The number of nitrogens with one attached hydrogen (secondary N) is 2. The molecule has 1 saturated carbocycles. The second-order valence-electron chi connectivity index (χ2n) is 7.95. The maximum absolute atomic E-state index is 11.7. The third-order valence-electron chi connectivity index (χ3n) is 5.81. The summed E-state index contributed by atoms with van der Waals surface area (Å²) in [7, 11) is 3.05. The summed E-state index contributed by atoms with van der Waals surface area (Å²) in [5.74, 6) is 1.01. The smallest absolute Gasteiger partial charge is 0.243 e. The molecular weight excluding hydrogens is 479 g/mol. The van der Waals surface area contributed by atoms with Gasteiger partial charge in [-0.15, -0.1) is 0 Å². The minimum Gasteiger partial charge on any atom is -0.495 e. The molecule has 4 rings (SSSR count). The van der Waals surface area contributed by atoms with Crippen molar-refractivity contribution in [2.24, 2.45) is 0 Å². The Bertz CT molecular complexity index is 1230. The lowest BCUT2D eigenvalue weighted by Crippen LogP contribution is -2.42. The van der Waals surface area contributed by atoms with Gasteiger partial charge in [-0.05, 0) is 36.6 Å². The molecule has 8 nitrogen and oxygen atoms in total. The molecule has 3 aromatic rings. The van der Waals surface area contributed by atoms with Crippen LogP contribution in [0, 0.1) is 0 Å². The van der Waals surface area contributed by atoms with Crippen LogP contribution in [0.1, 0.15) is 12.8 Å². The molecular formula is C24H24Cl2N4O4. The highest BCUT2D eigenvalue weighted by Gasteiger charge is 2.34. The Morgan fingerprint density at radius 3 is 2.47 bits per heavy atom. The number of halogens is 2. The number of hydrogen-bond donors (Lipinski definition) is 3. The molecule has 0 spiro atoms. The SMILES string of the molecule is C=CC(=O)NC1CC(O)CC1Nc1ncc2cc(-c3c(Cl)c(OC)cc(OC)c3Cl)ccc2n1. The molecule has 3 atom stereocenters. The molecule has 10 heteroatoms. The van der Waals surface area contributed by atoms with Gasteiger partial charge in [-0.25, -0.2) is 9.97 Å². The summed E-state index contributed by atoms with van der Waals surface area (Å²) in [6, 6.07) is 6.76. The monoisotopic (exact) mass is 502 g/mol. The van der Waals surface area contributed by atoms with Crippen LogP contribution in [-0.2, 0) is 4.79 Å². The van der Waals surface area contributed by atoms with Crippen LogP contribution >= 0.6 is 23.2 Å². The van der Waals surface area contributed by atoms with E-state index in [0.29, 0.717) is 51.4 Å². The standard InChI is InChI=1S/C24H24Cl2N4O4/c1-4-20(32)28-16-8-14(31)9-17(16)30-24-27-11-13-7-12(5-6-15(13)29-24)21-22(25)18(33-2)10-19(34-3)23(21)26/h4-7,10-11,14,16-17,31H,1,8-9H2,2-3H3,(H,28,32)(H,27,29,30). The van der Waals surface area contributed by atoms with Crippen LogP contribution in [0.5, 0.6) is 11.5 Å². The lowest BCUT2D eigenvalue weighted by atomic mass is 10.0. The highest BCUT2D eigenvalue weighted by Crippen LogP contribution is 2.46. The van der Waals surface area contributed by atoms with E-state index in [1.54, 1.807) is 12.3 Å². The predicted octanol–water partition coefficient (Wildman–Crippen LogP) is 4.23. The van der Waals surface area contributed by atoms with Gasteiger partial charge in [-0.1, -0.05) is 35.8 Å². The maximum atomic E-state index is 11.7. The van der Waals surface area contributed by atoms with Crippen molar-refractivity contribution in [1.82, 2.24) is 15.3 Å². The van der Waals surface area contributed by atoms with Crippen molar-refractivity contribution in [2.75, 3.05) is 19.5 Å². The van der Waals surface area contributed by atoms with E-state index in [4.69, 9.17) is 32.7 Å². The van der Waals surface area contributed by atoms with Crippen molar-refractivity contribution in [3.05, 3.63) is 53.2 Å². The first-order valence-corrected chi connectivity index (χ1v) is 11.3. The van der Waals surface area contributed by atoms with E-state index in [-0.39, 0.29) is 18.0 Å². The van der Waals surface area contributed by atoms with E-state index in [2.05, 4.69) is 27.2 Å². The van der Waals surface area contributed by atoms with E-state index >= 15 is 0 Å². The van der Waals surface area contributed by atoms with Gasteiger partial charge in [0, 0.05) is 23.2 Å². The van der Waals surface area contributed by atoms with Crippen molar-refractivity contribution >= 4 is 46.0 Å². The summed E-state index contributed by atoms with van der Waals surface area (Å²) in [6.45, 7) is 3.47. The average Bonchev–Trinajstić information content (AvgIpc) is 3.17. The molecule has 1 heterocycles. The van der Waals surface area contributed by atoms with Gasteiger partial charge in [0.05, 0.1) is 48.0 Å². The zero-order chi connectivity index (χ0) is 24.4. The van der Waals surface area contributed by atoms with Crippen molar-refractivity contribution in [3.8, 4) is 22.6 Å². The Kier molecular flexibility index (Phi) is 7.11. The largest absolute Gasteiger partial charge is 0.495 e. The molecule has 1 aromatic heterocycles. The molecule has 0 saturated heterocycles. The predicted molar refractivity (Wildman–Crippen MR) is 133 cm³/mol. The number of carbonyl (C=O) groups excluding carboxylic acids is 1. The minimum atomic E-state index is -0.523. The third kappa shape index (κ3) is 4.75. The Morgan fingerprint density at radius 2 is 1.82 bits per heavy atom. The molecule has 0 aliphatic heterocycles. The number of benzene rings is 2. The van der Waals surface area contributed by atoms with Crippen LogP contribution in [0.25, 0.3) is 22.0 Å². The van der Waals surface area contributed by atoms with Gasteiger partial charge in [0.1, 0.15) is 11.5 Å². The first kappa shape index (κ1) is 24.1. The third-order valence-corrected chi connectivity index (χ3v) is 6.56. The topological polar surface area (TPSA) is 106 Å². The number of amides is 1. The highest BCUT2D eigenvalue weighted by molar-refractivity contribution is 6.41. The van der Waals surface area contributed by atoms with Crippen LogP contribution in [0.2, 0.25) is 10.0 Å². The molecule has 2 aromatic carbocycles. The summed E-state index contributed by atoms with van der Waals surface area (Å²) < 4.78 is 10.7. The molecule has 1 aliphatic rings. The number of carbonyl (C=O) groups is 1. The maximum Gasteiger partial charge on any atom is 0.243 e. The number of aromatic nitrogens is 2. The number of ether oxygens (including phenoxy) is 2. The van der Waals surface area contributed by atoms with Gasteiger partial charge < -0.3 is 25.2 Å². The molecule has 34 heavy (non-hydrogen) atoms. The number of rotatable bonds is 7. The van der Waals surface area contributed by atoms with Crippen LogP contribution in [0.3, 0.4) is 0 Å². The zero-order valence-electron chi connectivity index (χ0n) is 18.6. The molecule has 1 fully saturated rings. The van der Waals surface area contributed by atoms with Crippen molar-refractivity contribution in [3.63, 3.8) is 0 Å². The number of methoxy groups -OCH3 is 2.